The Hall–Kier alpha value is -4.61. The number of hydrogen-bond acceptors (Lipinski definition) is 7. The van der Waals surface area contributed by atoms with E-state index in [0.29, 0.717) is 25.9 Å². The van der Waals surface area contributed by atoms with E-state index in [-0.39, 0.29) is 37.4 Å². The van der Waals surface area contributed by atoms with Crippen molar-refractivity contribution in [3.63, 3.8) is 0 Å². The van der Waals surface area contributed by atoms with Crippen LogP contribution in [-0.4, -0.2) is 71.1 Å². The molecule has 0 saturated carbocycles. The number of alkyl carbamates (subject to hydrolysis) is 1. The third kappa shape index (κ3) is 3.48. The molecule has 12 heteroatoms. The highest BCUT2D eigenvalue weighted by Crippen LogP contribution is 2.49. The van der Waals surface area contributed by atoms with Crippen LogP contribution in [0.5, 0.6) is 0 Å². The number of carbonyl (C=O) groups excluding carboxylic acids is 4. The van der Waals surface area contributed by atoms with Gasteiger partial charge in [0.15, 0.2) is 0 Å². The number of nitrogens with zero attached hydrogens (tertiary/aromatic N) is 3. The molecule has 1 fully saturated rings. The first kappa shape index (κ1) is 24.4. The number of aromatic amines is 1. The van der Waals surface area contributed by atoms with Crippen LogP contribution in [0.25, 0.3) is 11.0 Å². The Morgan fingerprint density at radius 3 is 2.67 bits per heavy atom. The molecule has 4 aliphatic rings. The zero-order chi connectivity index (χ0) is 27.8. The van der Waals surface area contributed by atoms with Crippen LogP contribution < -0.4 is 20.9 Å². The van der Waals surface area contributed by atoms with Crippen molar-refractivity contribution < 1.29 is 23.9 Å². The highest BCUT2D eigenvalue weighted by atomic mass is 16.5. The van der Waals surface area contributed by atoms with Crippen LogP contribution in [0.2, 0.25) is 0 Å². The molecule has 0 radical (unpaired) electrons. The van der Waals surface area contributed by atoms with Gasteiger partial charge in [-0.05, 0) is 42.3 Å². The SMILES string of the molecule is CCOC(=O)NCC12CC(=O)Nc3cccc(c31)N(Cc1nc3cc4c(cc3[nH]1)CC1(C4)C(=O)NC(=O)N1C)C2. The molecule has 1 aromatic heterocycles. The van der Waals surface area contributed by atoms with E-state index < -0.39 is 17.0 Å². The zero-order valence-electron chi connectivity index (χ0n) is 22.2. The number of imide groups is 1. The molecule has 40 heavy (non-hydrogen) atoms. The highest BCUT2D eigenvalue weighted by Gasteiger charge is 2.54. The number of nitrogens with one attached hydrogen (secondary N) is 4. The molecule has 7 rings (SSSR count). The molecule has 4 N–H and O–H groups in total. The number of imidazole rings is 1. The number of likely N-dealkylation sites (N-methyl/N-ethyl adjacent to an activating group) is 1. The van der Waals surface area contributed by atoms with E-state index in [4.69, 9.17) is 9.72 Å². The van der Waals surface area contributed by atoms with E-state index in [9.17, 15) is 19.2 Å². The Labute approximate surface area is 229 Å². The largest absolute Gasteiger partial charge is 0.450 e. The summed E-state index contributed by atoms with van der Waals surface area (Å²) < 4.78 is 5.07. The number of amides is 5. The van der Waals surface area contributed by atoms with Crippen molar-refractivity contribution in [3.8, 4) is 0 Å². The maximum absolute atomic E-state index is 12.7. The summed E-state index contributed by atoms with van der Waals surface area (Å²) in [6, 6.07) is 9.51. The summed E-state index contributed by atoms with van der Waals surface area (Å²) in [6.07, 6.45) is 0.658. The minimum absolute atomic E-state index is 0.0866. The molecule has 0 bridgehead atoms. The van der Waals surface area contributed by atoms with Gasteiger partial charge in [0, 0.05) is 61.8 Å². The lowest BCUT2D eigenvalue weighted by Crippen LogP contribution is -2.48. The molecule has 1 aliphatic carbocycles. The summed E-state index contributed by atoms with van der Waals surface area (Å²) in [7, 11) is 1.66. The minimum atomic E-state index is -0.878. The Morgan fingerprint density at radius 2 is 1.93 bits per heavy atom. The monoisotopic (exact) mass is 543 g/mol. The van der Waals surface area contributed by atoms with Gasteiger partial charge in [0.1, 0.15) is 11.4 Å². The fraction of sp³-hybridized carbons (Fsp3) is 0.393. The number of H-pyrrole nitrogens is 1. The Bertz CT molecular complexity index is 1590. The summed E-state index contributed by atoms with van der Waals surface area (Å²) in [6.45, 7) is 3.31. The number of rotatable bonds is 5. The summed E-state index contributed by atoms with van der Waals surface area (Å²) in [5.41, 5.74) is 4.99. The van der Waals surface area contributed by atoms with Crippen molar-refractivity contribution in [1.82, 2.24) is 25.5 Å². The fourth-order valence-corrected chi connectivity index (χ4v) is 6.93. The second kappa shape index (κ2) is 8.44. The van der Waals surface area contributed by atoms with Crippen molar-refractivity contribution in [1.29, 1.82) is 0 Å². The summed E-state index contributed by atoms with van der Waals surface area (Å²) in [5.74, 6) is 0.423. The van der Waals surface area contributed by atoms with Gasteiger partial charge in [0.05, 0.1) is 24.2 Å². The van der Waals surface area contributed by atoms with E-state index in [1.165, 1.54) is 4.90 Å². The van der Waals surface area contributed by atoms with E-state index in [0.717, 1.165) is 44.9 Å². The predicted octanol–water partition coefficient (Wildman–Crippen LogP) is 1.93. The number of fused-ring (bicyclic) bond motifs is 2. The molecule has 1 saturated heterocycles. The van der Waals surface area contributed by atoms with E-state index >= 15 is 0 Å². The van der Waals surface area contributed by atoms with Gasteiger partial charge in [-0.3, -0.25) is 14.9 Å². The van der Waals surface area contributed by atoms with Crippen molar-refractivity contribution >= 4 is 46.3 Å². The lowest BCUT2D eigenvalue weighted by atomic mass is 9.76. The van der Waals surface area contributed by atoms with Gasteiger partial charge in [0.2, 0.25) is 5.91 Å². The van der Waals surface area contributed by atoms with Crippen molar-refractivity contribution in [2.45, 2.75) is 43.7 Å². The lowest BCUT2D eigenvalue weighted by molar-refractivity contribution is -0.125. The second-order valence-electron chi connectivity index (χ2n) is 11.2. The average Bonchev–Trinajstić information content (AvgIpc) is 3.62. The van der Waals surface area contributed by atoms with Crippen molar-refractivity contribution in [2.75, 3.05) is 37.0 Å². The minimum Gasteiger partial charge on any atom is -0.450 e. The smallest absolute Gasteiger partial charge is 0.407 e. The molecule has 2 unspecified atom stereocenters. The molecule has 2 aromatic carbocycles. The summed E-state index contributed by atoms with van der Waals surface area (Å²) in [5, 5.41) is 8.27. The molecule has 206 valence electrons. The Balaban J connectivity index is 1.17. The standard InChI is InChI=1S/C28H29N7O5/c1-3-40-26(39)29-13-27-11-22(36)32-17-5-4-6-20(23(17)27)35(14-27)12-21-30-18-7-15-9-28(10-16(15)8-19(18)31-21)24(37)33-25(38)34(28)2/h4-8H,3,9-14H2,1-2H3,(H,29,39)(H,30,31)(H,32,36)(H,33,37,38). The first-order chi connectivity index (χ1) is 19.2. The van der Waals surface area contributed by atoms with Crippen LogP contribution in [0, 0.1) is 0 Å². The average molecular weight is 544 g/mol. The van der Waals surface area contributed by atoms with Gasteiger partial charge < -0.3 is 30.2 Å². The van der Waals surface area contributed by atoms with Gasteiger partial charge in [-0.1, -0.05) is 6.07 Å². The van der Waals surface area contributed by atoms with Crippen molar-refractivity contribution in [3.05, 3.63) is 52.8 Å². The number of hydrogen-bond donors (Lipinski definition) is 4. The molecule has 4 heterocycles. The topological polar surface area (TPSA) is 149 Å². The number of ether oxygens (including phenoxy) is 1. The van der Waals surface area contributed by atoms with Gasteiger partial charge in [-0.15, -0.1) is 0 Å². The van der Waals surface area contributed by atoms with Gasteiger partial charge in [-0.25, -0.2) is 14.6 Å². The van der Waals surface area contributed by atoms with Crippen LogP contribution in [0.3, 0.4) is 0 Å². The van der Waals surface area contributed by atoms with Crippen LogP contribution in [0.4, 0.5) is 21.0 Å². The highest BCUT2D eigenvalue weighted by molar-refractivity contribution is 6.08. The maximum atomic E-state index is 12.7. The number of anilines is 2. The molecule has 3 aromatic rings. The van der Waals surface area contributed by atoms with Crippen LogP contribution >= 0.6 is 0 Å². The first-order valence-electron chi connectivity index (χ1n) is 13.4. The quantitative estimate of drug-likeness (QED) is 0.359. The zero-order valence-corrected chi connectivity index (χ0v) is 22.2. The first-order valence-corrected chi connectivity index (χ1v) is 13.4. The number of urea groups is 1. The molecule has 2 atom stereocenters. The van der Waals surface area contributed by atoms with Crippen LogP contribution in [0.15, 0.2) is 30.3 Å². The fourth-order valence-electron chi connectivity index (χ4n) is 6.93. The maximum Gasteiger partial charge on any atom is 0.407 e. The molecule has 1 spiro atoms. The van der Waals surface area contributed by atoms with E-state index in [1.807, 2.05) is 30.3 Å². The lowest BCUT2D eigenvalue weighted by Gasteiger charge is -2.34. The summed E-state index contributed by atoms with van der Waals surface area (Å²) in [4.78, 5) is 61.6. The van der Waals surface area contributed by atoms with E-state index in [2.05, 4.69) is 25.8 Å². The number of carbonyl (C=O) groups is 4. The molecule has 3 aliphatic heterocycles. The Morgan fingerprint density at radius 1 is 1.12 bits per heavy atom. The Kier molecular flexibility index (Phi) is 5.16. The second-order valence-corrected chi connectivity index (χ2v) is 11.2. The molecular weight excluding hydrogens is 514 g/mol. The number of aromatic nitrogens is 2. The molecular formula is C28H29N7O5. The normalized spacial score (nSPS) is 22.0. The van der Waals surface area contributed by atoms with Gasteiger partial charge >= 0.3 is 12.1 Å². The molecule has 5 amide bonds. The third-order valence-corrected chi connectivity index (χ3v) is 8.78. The van der Waals surface area contributed by atoms with Gasteiger partial charge in [0.25, 0.3) is 5.91 Å². The number of benzene rings is 2. The van der Waals surface area contributed by atoms with Crippen LogP contribution in [-0.2, 0) is 39.1 Å². The van der Waals surface area contributed by atoms with Crippen LogP contribution in [0.1, 0.15) is 35.9 Å². The van der Waals surface area contributed by atoms with Gasteiger partial charge in [-0.2, -0.15) is 0 Å². The van der Waals surface area contributed by atoms with E-state index in [1.54, 1.807) is 14.0 Å². The predicted molar refractivity (Wildman–Crippen MR) is 145 cm³/mol. The summed E-state index contributed by atoms with van der Waals surface area (Å²) >= 11 is 0. The molecule has 12 nitrogen and oxygen atoms in total. The van der Waals surface area contributed by atoms with Crippen molar-refractivity contribution in [2.24, 2.45) is 0 Å². The third-order valence-electron chi connectivity index (χ3n) is 8.78.